The van der Waals surface area contributed by atoms with Gasteiger partial charge in [0.05, 0.1) is 17.4 Å². The fraction of sp³-hybridized carbons (Fsp3) is 0.259. The van der Waals surface area contributed by atoms with Crippen molar-refractivity contribution in [2.75, 3.05) is 44.3 Å². The predicted molar refractivity (Wildman–Crippen MR) is 136 cm³/mol. The molecule has 0 unspecified atom stereocenters. The average Bonchev–Trinajstić information content (AvgIpc) is 2.84. The number of alkyl halides is 3. The summed E-state index contributed by atoms with van der Waals surface area (Å²) < 4.78 is 54.4. The van der Waals surface area contributed by atoms with E-state index in [9.17, 15) is 22.4 Å². The van der Waals surface area contributed by atoms with Gasteiger partial charge >= 0.3 is 6.18 Å². The molecule has 10 heteroatoms. The normalized spacial score (nSPS) is 14.9. The van der Waals surface area contributed by atoms with Crippen LogP contribution in [0.15, 0.2) is 61.4 Å². The number of nitrogens with two attached hydrogens (primary N) is 1. The highest BCUT2D eigenvalue weighted by Gasteiger charge is 2.34. The molecule has 2 aromatic carbocycles. The van der Waals surface area contributed by atoms with Gasteiger partial charge in [-0.05, 0) is 60.1 Å². The first kappa shape index (κ1) is 26.3. The molecule has 3 aromatic rings. The lowest BCUT2D eigenvalue weighted by Gasteiger charge is -2.32. The number of benzene rings is 2. The third-order valence-electron chi connectivity index (χ3n) is 6.32. The molecule has 1 aliphatic rings. The van der Waals surface area contributed by atoms with Crippen molar-refractivity contribution in [2.24, 2.45) is 0 Å². The zero-order valence-corrected chi connectivity index (χ0v) is 20.3. The number of hydrogen-bond donors (Lipinski definition) is 2. The number of piperazine rings is 1. The second-order valence-corrected chi connectivity index (χ2v) is 9.08. The molecule has 0 saturated carbocycles. The standard InChI is InChI=1S/C27H27F4N5O/c1-17(26(37)34-25-15-33-6-5-23(25)27(29,30)31)22-14-19(3-4-24(22)32)20-11-18(12-21(28)13-20)16-36-9-7-35(2)8-10-36/h3-6,11-15H,1,7-10,16,32H2,2H3,(H,34,37). The number of likely N-dealkylation sites (N-methyl/N-ethyl adjacent to an activating group) is 1. The molecule has 0 spiro atoms. The maximum Gasteiger partial charge on any atom is 0.418 e. The van der Waals surface area contributed by atoms with Crippen LogP contribution in [-0.4, -0.2) is 53.9 Å². The molecule has 37 heavy (non-hydrogen) atoms. The van der Waals surface area contributed by atoms with Gasteiger partial charge in [-0.15, -0.1) is 0 Å². The van der Waals surface area contributed by atoms with E-state index in [-0.39, 0.29) is 16.8 Å². The molecule has 2 heterocycles. The summed E-state index contributed by atoms with van der Waals surface area (Å²) >= 11 is 0. The van der Waals surface area contributed by atoms with Crippen LogP contribution in [0.4, 0.5) is 28.9 Å². The highest BCUT2D eigenvalue weighted by atomic mass is 19.4. The van der Waals surface area contributed by atoms with Gasteiger partial charge in [-0.1, -0.05) is 12.6 Å². The van der Waals surface area contributed by atoms with Crippen LogP contribution in [0.25, 0.3) is 16.7 Å². The molecule has 194 valence electrons. The van der Waals surface area contributed by atoms with Crippen LogP contribution in [0.5, 0.6) is 0 Å². The number of carbonyl (C=O) groups is 1. The number of carbonyl (C=O) groups excluding carboxylic acids is 1. The van der Waals surface area contributed by atoms with Gasteiger partial charge in [0, 0.05) is 55.7 Å². The third-order valence-corrected chi connectivity index (χ3v) is 6.32. The summed E-state index contributed by atoms with van der Waals surface area (Å²) in [5.41, 5.74) is 6.85. The van der Waals surface area contributed by atoms with E-state index in [0.29, 0.717) is 17.7 Å². The Kier molecular flexibility index (Phi) is 7.60. The van der Waals surface area contributed by atoms with Gasteiger partial charge < -0.3 is 16.0 Å². The van der Waals surface area contributed by atoms with Gasteiger partial charge in [-0.2, -0.15) is 13.2 Å². The number of anilines is 2. The Morgan fingerprint density at radius 3 is 2.51 bits per heavy atom. The Labute approximate surface area is 212 Å². The molecule has 3 N–H and O–H groups in total. The van der Waals surface area contributed by atoms with Crippen LogP contribution in [0.2, 0.25) is 0 Å². The molecule has 0 aliphatic carbocycles. The van der Waals surface area contributed by atoms with Crippen molar-refractivity contribution in [1.29, 1.82) is 0 Å². The number of nitrogen functional groups attached to an aromatic ring is 1. The first-order valence-corrected chi connectivity index (χ1v) is 11.6. The largest absolute Gasteiger partial charge is 0.418 e. The lowest BCUT2D eigenvalue weighted by Crippen LogP contribution is -2.43. The van der Waals surface area contributed by atoms with E-state index in [2.05, 4.69) is 33.7 Å². The van der Waals surface area contributed by atoms with Gasteiger partial charge in [-0.25, -0.2) is 4.39 Å². The number of aromatic nitrogens is 1. The zero-order chi connectivity index (χ0) is 26.7. The van der Waals surface area contributed by atoms with Crippen LogP contribution < -0.4 is 11.1 Å². The number of rotatable bonds is 6. The second kappa shape index (κ2) is 10.7. The van der Waals surface area contributed by atoms with E-state index in [1.165, 1.54) is 12.1 Å². The fourth-order valence-electron chi connectivity index (χ4n) is 4.23. The van der Waals surface area contributed by atoms with Crippen LogP contribution in [-0.2, 0) is 17.5 Å². The quantitative estimate of drug-likeness (QED) is 0.279. The average molecular weight is 514 g/mol. The predicted octanol–water partition coefficient (Wildman–Crippen LogP) is 4.89. The Morgan fingerprint density at radius 2 is 1.81 bits per heavy atom. The highest BCUT2D eigenvalue weighted by molar-refractivity contribution is 6.26. The summed E-state index contributed by atoms with van der Waals surface area (Å²) in [6, 6.07) is 10.4. The molecule has 1 aliphatic heterocycles. The van der Waals surface area contributed by atoms with E-state index in [1.807, 2.05) is 6.07 Å². The Balaban J connectivity index is 1.57. The van der Waals surface area contributed by atoms with Crippen molar-refractivity contribution in [3.63, 3.8) is 0 Å². The van der Waals surface area contributed by atoms with Gasteiger partial charge in [-0.3, -0.25) is 14.7 Å². The van der Waals surface area contributed by atoms with Crippen LogP contribution in [0.3, 0.4) is 0 Å². The van der Waals surface area contributed by atoms with E-state index in [1.54, 1.807) is 18.2 Å². The van der Waals surface area contributed by atoms with Gasteiger partial charge in [0.15, 0.2) is 0 Å². The number of halogens is 4. The zero-order valence-electron chi connectivity index (χ0n) is 20.3. The topological polar surface area (TPSA) is 74.5 Å². The second-order valence-electron chi connectivity index (χ2n) is 9.08. The monoisotopic (exact) mass is 513 g/mol. The lowest BCUT2D eigenvalue weighted by molar-refractivity contribution is -0.137. The summed E-state index contributed by atoms with van der Waals surface area (Å²) in [4.78, 5) is 21.0. The third kappa shape index (κ3) is 6.33. The van der Waals surface area contributed by atoms with Gasteiger partial charge in [0.1, 0.15) is 5.82 Å². The number of hydrogen-bond acceptors (Lipinski definition) is 5. The minimum Gasteiger partial charge on any atom is -0.398 e. The van der Waals surface area contributed by atoms with E-state index >= 15 is 0 Å². The van der Waals surface area contributed by atoms with E-state index in [4.69, 9.17) is 5.73 Å². The van der Waals surface area contributed by atoms with Crippen molar-refractivity contribution in [1.82, 2.24) is 14.8 Å². The molecule has 4 rings (SSSR count). The molecule has 1 saturated heterocycles. The van der Waals surface area contributed by atoms with E-state index in [0.717, 1.165) is 50.2 Å². The summed E-state index contributed by atoms with van der Waals surface area (Å²) in [5, 5.41) is 2.22. The minimum absolute atomic E-state index is 0.134. The summed E-state index contributed by atoms with van der Waals surface area (Å²) in [5.74, 6) is -1.26. The molecule has 1 aromatic heterocycles. The van der Waals surface area contributed by atoms with Crippen molar-refractivity contribution >= 4 is 22.9 Å². The lowest BCUT2D eigenvalue weighted by atomic mass is 9.96. The molecule has 0 atom stereocenters. The minimum atomic E-state index is -4.68. The molecule has 6 nitrogen and oxygen atoms in total. The van der Waals surface area contributed by atoms with Crippen molar-refractivity contribution in [3.05, 3.63) is 83.9 Å². The van der Waals surface area contributed by atoms with Crippen LogP contribution in [0, 0.1) is 5.82 Å². The number of nitrogens with one attached hydrogen (secondary N) is 1. The Morgan fingerprint density at radius 1 is 1.08 bits per heavy atom. The number of pyridine rings is 1. The molecule has 1 fully saturated rings. The van der Waals surface area contributed by atoms with Crippen LogP contribution in [0.1, 0.15) is 16.7 Å². The summed E-state index contributed by atoms with van der Waals surface area (Å²) in [6.45, 7) is 8.00. The van der Waals surface area contributed by atoms with Crippen molar-refractivity contribution < 1.29 is 22.4 Å². The first-order valence-electron chi connectivity index (χ1n) is 11.6. The van der Waals surface area contributed by atoms with E-state index < -0.39 is 29.2 Å². The summed E-state index contributed by atoms with van der Waals surface area (Å²) in [6.07, 6.45) is -2.76. The highest BCUT2D eigenvalue weighted by Crippen LogP contribution is 2.35. The van der Waals surface area contributed by atoms with Gasteiger partial charge in [0.2, 0.25) is 0 Å². The Hall–Kier alpha value is -3.76. The van der Waals surface area contributed by atoms with Gasteiger partial charge in [0.25, 0.3) is 5.91 Å². The summed E-state index contributed by atoms with van der Waals surface area (Å²) in [7, 11) is 2.07. The van der Waals surface area contributed by atoms with Crippen LogP contribution >= 0.6 is 0 Å². The molecular weight excluding hydrogens is 486 g/mol. The fourth-order valence-corrected chi connectivity index (χ4v) is 4.23. The molecule has 0 bridgehead atoms. The molecule has 1 amide bonds. The smallest absolute Gasteiger partial charge is 0.398 e. The molecule has 0 radical (unpaired) electrons. The molecular formula is C27H27F4N5O. The van der Waals surface area contributed by atoms with Crippen molar-refractivity contribution in [2.45, 2.75) is 12.7 Å². The number of nitrogens with zero attached hydrogens (tertiary/aromatic N) is 3. The van der Waals surface area contributed by atoms with Crippen molar-refractivity contribution in [3.8, 4) is 11.1 Å². The maximum atomic E-state index is 14.5. The first-order chi connectivity index (χ1) is 17.5. The SMILES string of the molecule is C=C(C(=O)Nc1cnccc1C(F)(F)F)c1cc(-c2cc(F)cc(CN3CCN(C)CC3)c2)ccc1N. The maximum absolute atomic E-state index is 14.5. The number of amides is 1. The Bertz CT molecular complexity index is 1320.